The summed E-state index contributed by atoms with van der Waals surface area (Å²) in [4.78, 5) is -0.00289. The molecule has 20 heavy (non-hydrogen) atoms. The highest BCUT2D eigenvalue weighted by Crippen LogP contribution is 2.37. The van der Waals surface area contributed by atoms with Crippen LogP contribution in [0.1, 0.15) is 19.3 Å². The Morgan fingerprint density at radius 3 is 2.20 bits per heavy atom. The molecule has 0 amide bonds. The third kappa shape index (κ3) is 3.36. The van der Waals surface area contributed by atoms with Crippen LogP contribution in [0.5, 0.6) is 0 Å². The van der Waals surface area contributed by atoms with Crippen molar-refractivity contribution >= 4 is 65.1 Å². The molecular weight excluding hydrogens is 453 g/mol. The molecule has 0 saturated heterocycles. The predicted octanol–water partition coefficient (Wildman–Crippen LogP) is 4.69. The molecule has 0 unspecified atom stereocenters. The van der Waals surface area contributed by atoms with Crippen molar-refractivity contribution < 1.29 is 8.42 Å². The molecule has 1 aromatic rings. The van der Waals surface area contributed by atoms with E-state index in [4.69, 9.17) is 23.2 Å². The highest BCUT2D eigenvalue weighted by Gasteiger charge is 2.36. The summed E-state index contributed by atoms with van der Waals surface area (Å²) in [5.41, 5.74) is 0. The zero-order valence-electron chi connectivity index (χ0n) is 10.5. The Bertz CT molecular complexity index is 582. The van der Waals surface area contributed by atoms with Crippen molar-refractivity contribution in [2.24, 2.45) is 0 Å². The molecule has 0 radical (unpaired) electrons. The van der Waals surface area contributed by atoms with Gasteiger partial charge in [-0.25, -0.2) is 8.42 Å². The number of hydrogen-bond acceptors (Lipinski definition) is 2. The summed E-state index contributed by atoms with van der Waals surface area (Å²) in [6.45, 7) is 0.412. The van der Waals surface area contributed by atoms with Crippen LogP contribution in [0.25, 0.3) is 0 Å². The lowest BCUT2D eigenvalue weighted by Gasteiger charge is -2.36. The molecule has 3 nitrogen and oxygen atoms in total. The summed E-state index contributed by atoms with van der Waals surface area (Å²) in [5.74, 6) is 0. The van der Waals surface area contributed by atoms with Gasteiger partial charge in [-0.15, -0.1) is 0 Å². The van der Waals surface area contributed by atoms with Crippen molar-refractivity contribution in [3.63, 3.8) is 0 Å². The second-order valence-electron chi connectivity index (χ2n) is 4.59. The van der Waals surface area contributed by atoms with Gasteiger partial charge in [0.05, 0.1) is 10.0 Å². The minimum Gasteiger partial charge on any atom is -0.207 e. The summed E-state index contributed by atoms with van der Waals surface area (Å²) >= 11 is 18.8. The topological polar surface area (TPSA) is 37.4 Å². The Morgan fingerprint density at radius 2 is 1.80 bits per heavy atom. The number of benzene rings is 1. The molecule has 1 aliphatic rings. The van der Waals surface area contributed by atoms with Gasteiger partial charge in [0, 0.05) is 22.4 Å². The van der Waals surface area contributed by atoms with Crippen LogP contribution in [-0.2, 0) is 10.0 Å². The van der Waals surface area contributed by atoms with Crippen LogP contribution in [0.2, 0.25) is 10.0 Å². The van der Waals surface area contributed by atoms with Crippen LogP contribution in [-0.4, -0.2) is 30.6 Å². The molecular formula is C12H13Br2Cl2NO2S. The largest absolute Gasteiger partial charge is 0.246 e. The Labute approximate surface area is 145 Å². The average Bonchev–Trinajstić information content (AvgIpc) is 2.23. The van der Waals surface area contributed by atoms with Crippen molar-refractivity contribution in [2.45, 2.75) is 30.2 Å². The first-order chi connectivity index (χ1) is 9.37. The molecule has 0 bridgehead atoms. The molecule has 0 aromatic heterocycles. The SMILES string of the molecule is O=S(=O)(c1c(Cl)cc(Br)cc1Cl)N(CCBr)C1CCC1. The molecule has 0 aliphatic heterocycles. The molecule has 1 aliphatic carbocycles. The molecule has 0 heterocycles. The van der Waals surface area contributed by atoms with E-state index in [1.807, 2.05) is 0 Å². The second kappa shape index (κ2) is 6.84. The summed E-state index contributed by atoms with van der Waals surface area (Å²) in [7, 11) is -3.68. The minimum absolute atomic E-state index is 0.00289. The van der Waals surface area contributed by atoms with Gasteiger partial charge in [0.1, 0.15) is 4.90 Å². The lowest BCUT2D eigenvalue weighted by molar-refractivity contribution is 0.228. The normalized spacial score (nSPS) is 16.4. The van der Waals surface area contributed by atoms with E-state index in [1.165, 1.54) is 4.31 Å². The van der Waals surface area contributed by atoms with Gasteiger partial charge in [-0.3, -0.25) is 0 Å². The van der Waals surface area contributed by atoms with E-state index in [0.29, 0.717) is 16.3 Å². The van der Waals surface area contributed by atoms with Crippen LogP contribution in [0, 0.1) is 0 Å². The monoisotopic (exact) mass is 463 g/mol. The molecule has 1 aromatic carbocycles. The molecule has 1 saturated carbocycles. The molecule has 0 atom stereocenters. The smallest absolute Gasteiger partial charge is 0.207 e. The fraction of sp³-hybridized carbons (Fsp3) is 0.500. The van der Waals surface area contributed by atoms with Gasteiger partial charge >= 0.3 is 0 Å². The van der Waals surface area contributed by atoms with E-state index in [9.17, 15) is 8.42 Å². The number of hydrogen-bond donors (Lipinski definition) is 0. The van der Waals surface area contributed by atoms with E-state index in [0.717, 1.165) is 19.3 Å². The molecule has 0 spiro atoms. The van der Waals surface area contributed by atoms with Gasteiger partial charge in [0.15, 0.2) is 0 Å². The third-order valence-corrected chi connectivity index (χ3v) is 7.00. The fourth-order valence-electron chi connectivity index (χ4n) is 2.15. The van der Waals surface area contributed by atoms with Gasteiger partial charge in [-0.05, 0) is 25.0 Å². The first kappa shape index (κ1) is 17.0. The quantitative estimate of drug-likeness (QED) is 0.591. The predicted molar refractivity (Wildman–Crippen MR) is 89.5 cm³/mol. The Balaban J connectivity index is 2.47. The van der Waals surface area contributed by atoms with E-state index >= 15 is 0 Å². The fourth-order valence-corrected chi connectivity index (χ4v) is 6.34. The van der Waals surface area contributed by atoms with Crippen LogP contribution in [0.4, 0.5) is 0 Å². The van der Waals surface area contributed by atoms with Crippen molar-refractivity contribution in [1.82, 2.24) is 4.31 Å². The molecule has 2 rings (SSSR count). The minimum atomic E-state index is -3.68. The highest BCUT2D eigenvalue weighted by atomic mass is 79.9. The Hall–Kier alpha value is 0.670. The lowest BCUT2D eigenvalue weighted by Crippen LogP contribution is -2.45. The molecule has 112 valence electrons. The number of rotatable bonds is 5. The van der Waals surface area contributed by atoms with Crippen LogP contribution >= 0.6 is 55.1 Å². The van der Waals surface area contributed by atoms with Crippen LogP contribution in [0.3, 0.4) is 0 Å². The maximum Gasteiger partial charge on any atom is 0.246 e. The summed E-state index contributed by atoms with van der Waals surface area (Å²) in [6.07, 6.45) is 2.83. The maximum atomic E-state index is 12.8. The van der Waals surface area contributed by atoms with Crippen molar-refractivity contribution in [1.29, 1.82) is 0 Å². The summed E-state index contributed by atoms with van der Waals surface area (Å²) in [5, 5.41) is 0.862. The zero-order chi connectivity index (χ0) is 14.9. The van der Waals surface area contributed by atoms with E-state index in [2.05, 4.69) is 31.9 Å². The summed E-state index contributed by atoms with van der Waals surface area (Å²) in [6, 6.07) is 3.15. The van der Waals surface area contributed by atoms with Gasteiger partial charge in [-0.2, -0.15) is 4.31 Å². The van der Waals surface area contributed by atoms with Gasteiger partial charge in [0.2, 0.25) is 10.0 Å². The lowest BCUT2D eigenvalue weighted by atomic mass is 9.93. The van der Waals surface area contributed by atoms with Gasteiger partial charge < -0.3 is 0 Å². The van der Waals surface area contributed by atoms with Gasteiger partial charge in [-0.1, -0.05) is 61.5 Å². The zero-order valence-corrected chi connectivity index (χ0v) is 16.0. The maximum absolute atomic E-state index is 12.8. The standard InChI is InChI=1S/C12H13Br2Cl2NO2S/c13-4-5-17(9-2-1-3-9)20(18,19)12-10(15)6-8(14)7-11(12)16/h6-7,9H,1-5H2. The first-order valence-electron chi connectivity index (χ1n) is 6.10. The second-order valence-corrected chi connectivity index (χ2v) is 8.94. The molecule has 8 heteroatoms. The average molecular weight is 466 g/mol. The van der Waals surface area contributed by atoms with Crippen LogP contribution < -0.4 is 0 Å². The van der Waals surface area contributed by atoms with Crippen molar-refractivity contribution in [3.05, 3.63) is 26.7 Å². The number of sulfonamides is 1. The third-order valence-electron chi connectivity index (χ3n) is 3.32. The molecule has 0 N–H and O–H groups in total. The summed E-state index contributed by atoms with van der Waals surface area (Å²) < 4.78 is 27.8. The van der Waals surface area contributed by atoms with E-state index in [-0.39, 0.29) is 21.0 Å². The van der Waals surface area contributed by atoms with E-state index < -0.39 is 10.0 Å². The van der Waals surface area contributed by atoms with Crippen molar-refractivity contribution in [2.75, 3.05) is 11.9 Å². The highest BCUT2D eigenvalue weighted by molar-refractivity contribution is 9.10. The Morgan fingerprint density at radius 1 is 1.25 bits per heavy atom. The van der Waals surface area contributed by atoms with Crippen molar-refractivity contribution in [3.8, 4) is 0 Å². The molecule has 1 fully saturated rings. The number of alkyl halides is 1. The van der Waals surface area contributed by atoms with Crippen LogP contribution in [0.15, 0.2) is 21.5 Å². The first-order valence-corrected chi connectivity index (χ1v) is 10.2. The van der Waals surface area contributed by atoms with E-state index in [1.54, 1.807) is 12.1 Å². The van der Waals surface area contributed by atoms with Gasteiger partial charge in [0.25, 0.3) is 0 Å². The number of nitrogens with zero attached hydrogens (tertiary/aromatic N) is 1. The number of halogens is 4. The Kier molecular flexibility index (Phi) is 5.82.